The molecule has 0 radical (unpaired) electrons. The molecule has 0 aromatic carbocycles. The highest BCUT2D eigenvalue weighted by molar-refractivity contribution is 7.99. The van der Waals surface area contributed by atoms with E-state index in [4.69, 9.17) is 14.2 Å². The lowest BCUT2D eigenvalue weighted by Crippen LogP contribution is -2.37. The largest absolute Gasteiger partial charge is 0.349 e. The molecule has 1 aliphatic heterocycles. The molecule has 1 heterocycles. The van der Waals surface area contributed by atoms with Crippen LogP contribution < -0.4 is 0 Å². The molecule has 0 aromatic heterocycles. The third-order valence-corrected chi connectivity index (χ3v) is 2.68. The van der Waals surface area contributed by atoms with Crippen LogP contribution in [0.15, 0.2) is 0 Å². The van der Waals surface area contributed by atoms with Crippen molar-refractivity contribution in [2.24, 2.45) is 0 Å². The van der Waals surface area contributed by atoms with E-state index in [1.165, 1.54) is 0 Å². The highest BCUT2D eigenvalue weighted by Crippen LogP contribution is 2.21. The lowest BCUT2D eigenvalue weighted by atomic mass is 10.5. The van der Waals surface area contributed by atoms with Crippen molar-refractivity contribution < 1.29 is 14.2 Å². The van der Waals surface area contributed by atoms with Gasteiger partial charge in [-0.1, -0.05) is 0 Å². The van der Waals surface area contributed by atoms with Crippen LogP contribution in [0.5, 0.6) is 0 Å². The molecule has 0 aromatic rings. The summed E-state index contributed by atoms with van der Waals surface area (Å²) in [4.78, 5) is 0. The van der Waals surface area contributed by atoms with Crippen molar-refractivity contribution in [2.45, 2.75) is 52.5 Å². The summed E-state index contributed by atoms with van der Waals surface area (Å²) in [5, 5.41) is 0. The van der Waals surface area contributed by atoms with Crippen LogP contribution in [0, 0.1) is 0 Å². The maximum Gasteiger partial charge on any atom is 0.170 e. The fraction of sp³-hybridized carbons (Fsp3) is 1.00. The summed E-state index contributed by atoms with van der Waals surface area (Å²) in [7, 11) is 0. The van der Waals surface area contributed by atoms with E-state index in [9.17, 15) is 0 Å². The molecule has 0 unspecified atom stereocenters. The first-order valence-corrected chi connectivity index (χ1v) is 6.27. The summed E-state index contributed by atoms with van der Waals surface area (Å²) >= 11 is 1.82. The summed E-state index contributed by atoms with van der Waals surface area (Å²) in [6, 6.07) is 0. The van der Waals surface area contributed by atoms with E-state index >= 15 is 0 Å². The van der Waals surface area contributed by atoms with Gasteiger partial charge in [0.25, 0.3) is 0 Å². The van der Waals surface area contributed by atoms with Gasteiger partial charge in [0, 0.05) is 11.5 Å². The van der Waals surface area contributed by atoms with E-state index in [2.05, 4.69) is 0 Å². The van der Waals surface area contributed by atoms with E-state index < -0.39 is 0 Å². The molecular formula is C10H20O3S. The lowest BCUT2D eigenvalue weighted by Gasteiger charge is -2.31. The van der Waals surface area contributed by atoms with Crippen LogP contribution in [0.1, 0.15) is 27.7 Å². The molecular weight excluding hydrogens is 200 g/mol. The average Bonchev–Trinajstić information content (AvgIpc) is 2.01. The van der Waals surface area contributed by atoms with E-state index in [1.54, 1.807) is 0 Å². The Balaban J connectivity index is 2.28. The maximum absolute atomic E-state index is 5.64. The Bertz CT molecular complexity index is 145. The summed E-state index contributed by atoms with van der Waals surface area (Å²) in [6.07, 6.45) is 0.187. The van der Waals surface area contributed by atoms with Crippen molar-refractivity contribution in [2.75, 3.05) is 11.5 Å². The van der Waals surface area contributed by atoms with Gasteiger partial charge in [-0.05, 0) is 27.7 Å². The number of hydrogen-bond donors (Lipinski definition) is 0. The average molecular weight is 220 g/mol. The quantitative estimate of drug-likeness (QED) is 0.726. The van der Waals surface area contributed by atoms with Crippen molar-refractivity contribution >= 4 is 11.8 Å². The summed E-state index contributed by atoms with van der Waals surface area (Å²) < 4.78 is 16.8. The van der Waals surface area contributed by atoms with Gasteiger partial charge in [0.2, 0.25) is 0 Å². The maximum atomic E-state index is 5.64. The van der Waals surface area contributed by atoms with Gasteiger partial charge in [0.05, 0.1) is 12.2 Å². The molecule has 0 spiro atoms. The number of hydrogen-bond acceptors (Lipinski definition) is 4. The summed E-state index contributed by atoms with van der Waals surface area (Å²) in [6.45, 7) is 8.06. The van der Waals surface area contributed by atoms with Crippen molar-refractivity contribution in [3.8, 4) is 0 Å². The Kier molecular flexibility index (Phi) is 5.23. The standard InChI is InChI=1S/C10H20O3S/c1-7(2)11-9-5-14-6-10(13-9)12-8(3)4/h7-10H,5-6H2,1-4H3/t9-,10+. The second-order valence-corrected chi connectivity index (χ2v) is 4.98. The van der Waals surface area contributed by atoms with E-state index in [0.717, 1.165) is 11.5 Å². The Morgan fingerprint density at radius 2 is 1.43 bits per heavy atom. The molecule has 0 aliphatic carbocycles. The normalized spacial score (nSPS) is 28.7. The molecule has 84 valence electrons. The first-order valence-electron chi connectivity index (χ1n) is 5.12. The second-order valence-electron chi connectivity index (χ2n) is 3.90. The van der Waals surface area contributed by atoms with Crippen LogP contribution in [-0.4, -0.2) is 36.3 Å². The molecule has 14 heavy (non-hydrogen) atoms. The SMILES string of the molecule is CC(C)O[C@H]1CSC[C@@H](OC(C)C)O1. The van der Waals surface area contributed by atoms with Crippen molar-refractivity contribution in [1.82, 2.24) is 0 Å². The molecule has 1 rings (SSSR count). The third-order valence-electron chi connectivity index (χ3n) is 1.66. The smallest absolute Gasteiger partial charge is 0.170 e. The Labute approximate surface area is 90.5 Å². The minimum atomic E-state index is -0.113. The first kappa shape index (κ1) is 12.3. The van der Waals surface area contributed by atoms with Crippen molar-refractivity contribution in [3.05, 3.63) is 0 Å². The van der Waals surface area contributed by atoms with E-state index in [1.807, 2.05) is 39.5 Å². The molecule has 0 saturated carbocycles. The Morgan fingerprint density at radius 3 is 1.79 bits per heavy atom. The zero-order chi connectivity index (χ0) is 10.6. The minimum absolute atomic E-state index is 0.113. The van der Waals surface area contributed by atoms with Gasteiger partial charge in [-0.3, -0.25) is 0 Å². The van der Waals surface area contributed by atoms with Gasteiger partial charge in [0.15, 0.2) is 12.6 Å². The van der Waals surface area contributed by atoms with Gasteiger partial charge in [-0.25, -0.2) is 0 Å². The van der Waals surface area contributed by atoms with Crippen LogP contribution in [-0.2, 0) is 14.2 Å². The number of ether oxygens (including phenoxy) is 3. The van der Waals surface area contributed by atoms with Crippen LogP contribution in [0.2, 0.25) is 0 Å². The van der Waals surface area contributed by atoms with Gasteiger partial charge in [-0.2, -0.15) is 11.8 Å². The fourth-order valence-corrected chi connectivity index (χ4v) is 2.09. The monoisotopic (exact) mass is 220 g/mol. The highest BCUT2D eigenvalue weighted by Gasteiger charge is 2.25. The molecule has 1 aliphatic rings. The van der Waals surface area contributed by atoms with Crippen molar-refractivity contribution in [1.29, 1.82) is 0 Å². The molecule has 2 atom stereocenters. The predicted octanol–water partition coefficient (Wildman–Crippen LogP) is 2.25. The predicted molar refractivity (Wildman–Crippen MR) is 58.4 cm³/mol. The van der Waals surface area contributed by atoms with Gasteiger partial charge in [0.1, 0.15) is 0 Å². The van der Waals surface area contributed by atoms with Crippen LogP contribution in [0.25, 0.3) is 0 Å². The van der Waals surface area contributed by atoms with Gasteiger partial charge < -0.3 is 14.2 Å². The topological polar surface area (TPSA) is 27.7 Å². The summed E-state index contributed by atoms with van der Waals surface area (Å²) in [5.74, 6) is 1.80. The molecule has 3 nitrogen and oxygen atoms in total. The Hall–Kier alpha value is 0.230. The van der Waals surface area contributed by atoms with Crippen LogP contribution in [0.3, 0.4) is 0 Å². The molecule has 0 amide bonds. The molecule has 0 N–H and O–H groups in total. The highest BCUT2D eigenvalue weighted by atomic mass is 32.2. The number of thioether (sulfide) groups is 1. The van der Waals surface area contributed by atoms with Crippen LogP contribution in [0.4, 0.5) is 0 Å². The van der Waals surface area contributed by atoms with Crippen molar-refractivity contribution in [3.63, 3.8) is 0 Å². The molecule has 0 bridgehead atoms. The minimum Gasteiger partial charge on any atom is -0.349 e. The number of rotatable bonds is 4. The molecule has 1 fully saturated rings. The third kappa shape index (κ3) is 4.64. The fourth-order valence-electron chi connectivity index (χ4n) is 1.26. The lowest BCUT2D eigenvalue weighted by molar-refractivity contribution is -0.249. The van der Waals surface area contributed by atoms with Gasteiger partial charge >= 0.3 is 0 Å². The summed E-state index contributed by atoms with van der Waals surface area (Å²) in [5.41, 5.74) is 0. The zero-order valence-electron chi connectivity index (χ0n) is 9.36. The Morgan fingerprint density at radius 1 is 1.00 bits per heavy atom. The van der Waals surface area contributed by atoms with Gasteiger partial charge in [-0.15, -0.1) is 0 Å². The second kappa shape index (κ2) is 5.95. The molecule has 4 heteroatoms. The van der Waals surface area contributed by atoms with E-state index in [-0.39, 0.29) is 24.8 Å². The zero-order valence-corrected chi connectivity index (χ0v) is 10.2. The van der Waals surface area contributed by atoms with E-state index in [0.29, 0.717) is 0 Å². The first-order chi connectivity index (χ1) is 6.58. The molecule has 1 saturated heterocycles. The van der Waals surface area contributed by atoms with Crippen LogP contribution >= 0.6 is 11.8 Å².